The molecule has 1 amide bonds. The molecule has 0 fully saturated rings. The van der Waals surface area contributed by atoms with E-state index in [0.717, 1.165) is 10.5 Å². The van der Waals surface area contributed by atoms with Crippen LogP contribution in [0.5, 0.6) is 0 Å². The zero-order valence-corrected chi connectivity index (χ0v) is 16.0. The third-order valence-electron chi connectivity index (χ3n) is 3.52. The molecule has 2 aromatic carbocycles. The van der Waals surface area contributed by atoms with Gasteiger partial charge in [-0.15, -0.1) is 11.8 Å². The van der Waals surface area contributed by atoms with Gasteiger partial charge in [-0.05, 0) is 30.7 Å². The van der Waals surface area contributed by atoms with Gasteiger partial charge in [0.2, 0.25) is 0 Å². The Morgan fingerprint density at radius 3 is 2.54 bits per heavy atom. The highest BCUT2D eigenvalue weighted by Gasteiger charge is 2.14. The molecule has 6 nitrogen and oxygen atoms in total. The maximum atomic E-state index is 12.1. The number of ether oxygens (including phenoxy) is 1. The Labute approximate surface area is 167 Å². The predicted molar refractivity (Wildman–Crippen MR) is 107 cm³/mol. The van der Waals surface area contributed by atoms with Crippen molar-refractivity contribution < 1.29 is 14.3 Å². The molecule has 28 heavy (non-hydrogen) atoms. The Morgan fingerprint density at radius 1 is 1.14 bits per heavy atom. The number of nitrogens with one attached hydrogen (secondary N) is 1. The molecule has 0 aromatic heterocycles. The first kappa shape index (κ1) is 20.8. The van der Waals surface area contributed by atoms with E-state index in [-0.39, 0.29) is 11.3 Å². The lowest BCUT2D eigenvalue weighted by atomic mass is 10.1. The first-order chi connectivity index (χ1) is 13.5. The van der Waals surface area contributed by atoms with Crippen LogP contribution in [0.15, 0.2) is 59.0 Å². The standard InChI is InChI=1S/C21H17N3O3S/c1-15-6-8-16(9-7-15)12-17(13-23)21(26)27-14-20(25)24-18-4-2-3-5-19(18)28-11-10-22/h2-9,12H,11,14H2,1H3,(H,24,25)/b17-12+. The van der Waals surface area contributed by atoms with E-state index in [9.17, 15) is 14.9 Å². The molecule has 0 aliphatic rings. The van der Waals surface area contributed by atoms with Crippen molar-refractivity contribution in [3.05, 3.63) is 65.2 Å². The fourth-order valence-corrected chi connectivity index (χ4v) is 2.84. The Balaban J connectivity index is 1.96. The largest absolute Gasteiger partial charge is 0.451 e. The number of nitrogens with zero attached hydrogens (tertiary/aromatic N) is 2. The van der Waals surface area contributed by atoms with Crippen molar-refractivity contribution in [2.45, 2.75) is 11.8 Å². The molecule has 140 valence electrons. The summed E-state index contributed by atoms with van der Waals surface area (Å²) in [6.45, 7) is 1.41. The number of para-hydroxylation sites is 1. The van der Waals surface area contributed by atoms with Crippen LogP contribution in [0, 0.1) is 29.6 Å². The molecule has 2 rings (SSSR count). The summed E-state index contributed by atoms with van der Waals surface area (Å²) in [6.07, 6.45) is 1.41. The van der Waals surface area contributed by atoms with Crippen molar-refractivity contribution >= 4 is 35.4 Å². The van der Waals surface area contributed by atoms with E-state index in [1.165, 1.54) is 17.8 Å². The SMILES string of the molecule is Cc1ccc(/C=C(\C#N)C(=O)OCC(=O)Nc2ccccc2SCC#N)cc1. The summed E-state index contributed by atoms with van der Waals surface area (Å²) < 4.78 is 4.95. The number of aryl methyl sites for hydroxylation is 1. The fraction of sp³-hybridized carbons (Fsp3) is 0.143. The molecule has 0 spiro atoms. The molecule has 0 saturated heterocycles. The summed E-state index contributed by atoms with van der Waals surface area (Å²) in [5.41, 5.74) is 2.08. The second-order valence-corrected chi connectivity index (χ2v) is 6.66. The van der Waals surface area contributed by atoms with Gasteiger partial charge in [-0.3, -0.25) is 4.79 Å². The first-order valence-corrected chi connectivity index (χ1v) is 9.26. The summed E-state index contributed by atoms with van der Waals surface area (Å²) >= 11 is 1.29. The number of hydrogen-bond acceptors (Lipinski definition) is 6. The van der Waals surface area contributed by atoms with Gasteiger partial charge in [0.05, 0.1) is 17.5 Å². The molecule has 2 aromatic rings. The van der Waals surface area contributed by atoms with Gasteiger partial charge in [0.1, 0.15) is 11.6 Å². The molecule has 7 heteroatoms. The highest BCUT2D eigenvalue weighted by atomic mass is 32.2. The van der Waals surface area contributed by atoms with Crippen LogP contribution in [0.25, 0.3) is 6.08 Å². The smallest absolute Gasteiger partial charge is 0.349 e. The van der Waals surface area contributed by atoms with Crippen LogP contribution >= 0.6 is 11.8 Å². The maximum absolute atomic E-state index is 12.1. The average molecular weight is 391 g/mol. The number of amides is 1. The van der Waals surface area contributed by atoms with E-state index in [1.807, 2.05) is 25.1 Å². The third-order valence-corrected chi connectivity index (χ3v) is 4.46. The minimum Gasteiger partial charge on any atom is -0.451 e. The monoisotopic (exact) mass is 391 g/mol. The molecule has 0 heterocycles. The molecule has 0 unspecified atom stereocenters. The van der Waals surface area contributed by atoms with Gasteiger partial charge >= 0.3 is 5.97 Å². The lowest BCUT2D eigenvalue weighted by Crippen LogP contribution is -2.21. The van der Waals surface area contributed by atoms with Crippen LogP contribution in [0.4, 0.5) is 5.69 Å². The number of benzene rings is 2. The first-order valence-electron chi connectivity index (χ1n) is 8.27. The zero-order chi connectivity index (χ0) is 20.4. The Morgan fingerprint density at radius 2 is 1.86 bits per heavy atom. The summed E-state index contributed by atoms with van der Waals surface area (Å²) in [6, 6.07) is 18.1. The second-order valence-electron chi connectivity index (χ2n) is 5.65. The van der Waals surface area contributed by atoms with Crippen molar-refractivity contribution in [1.82, 2.24) is 0 Å². The van der Waals surface area contributed by atoms with Gasteiger partial charge < -0.3 is 10.1 Å². The van der Waals surface area contributed by atoms with Crippen molar-refractivity contribution in [3.8, 4) is 12.1 Å². The summed E-state index contributed by atoms with van der Waals surface area (Å²) in [5.74, 6) is -1.16. The van der Waals surface area contributed by atoms with Crippen LogP contribution in [-0.2, 0) is 14.3 Å². The van der Waals surface area contributed by atoms with Crippen molar-refractivity contribution in [2.75, 3.05) is 17.7 Å². The molecular formula is C21H17N3O3S. The average Bonchev–Trinajstić information content (AvgIpc) is 2.71. The molecule has 0 radical (unpaired) electrons. The highest BCUT2D eigenvalue weighted by Crippen LogP contribution is 2.26. The van der Waals surface area contributed by atoms with Crippen LogP contribution < -0.4 is 5.32 Å². The molecule has 0 aliphatic heterocycles. The maximum Gasteiger partial charge on any atom is 0.349 e. The second kappa shape index (κ2) is 10.6. The number of anilines is 1. The summed E-state index contributed by atoms with van der Waals surface area (Å²) in [4.78, 5) is 24.9. The van der Waals surface area contributed by atoms with Gasteiger partial charge in [0.15, 0.2) is 6.61 Å². The minimum atomic E-state index is -0.870. The van der Waals surface area contributed by atoms with Gasteiger partial charge in [-0.25, -0.2) is 4.79 Å². The van der Waals surface area contributed by atoms with Crippen molar-refractivity contribution in [3.63, 3.8) is 0 Å². The Hall–Kier alpha value is -3.55. The van der Waals surface area contributed by atoms with Crippen LogP contribution in [-0.4, -0.2) is 24.2 Å². The lowest BCUT2D eigenvalue weighted by Gasteiger charge is -2.10. The molecule has 0 bridgehead atoms. The van der Waals surface area contributed by atoms with E-state index in [1.54, 1.807) is 42.5 Å². The van der Waals surface area contributed by atoms with E-state index in [4.69, 9.17) is 10.00 Å². The molecule has 1 N–H and O–H groups in total. The normalized spacial score (nSPS) is 10.5. The predicted octanol–water partition coefficient (Wildman–Crippen LogP) is 3.70. The van der Waals surface area contributed by atoms with Gasteiger partial charge in [-0.1, -0.05) is 42.0 Å². The molecule has 0 saturated carbocycles. The Bertz CT molecular complexity index is 970. The van der Waals surface area contributed by atoms with E-state index in [0.29, 0.717) is 11.3 Å². The fourth-order valence-electron chi connectivity index (χ4n) is 2.17. The molecule has 0 aliphatic carbocycles. The van der Waals surface area contributed by atoms with Crippen LogP contribution in [0.3, 0.4) is 0 Å². The van der Waals surface area contributed by atoms with E-state index < -0.39 is 18.5 Å². The number of hydrogen-bond donors (Lipinski definition) is 1. The quantitative estimate of drug-likeness (QED) is 0.334. The van der Waals surface area contributed by atoms with Crippen molar-refractivity contribution in [2.24, 2.45) is 0 Å². The van der Waals surface area contributed by atoms with Gasteiger partial charge in [0, 0.05) is 4.90 Å². The minimum absolute atomic E-state index is 0.193. The number of thioether (sulfide) groups is 1. The number of carbonyl (C=O) groups is 2. The van der Waals surface area contributed by atoms with Crippen LogP contribution in [0.1, 0.15) is 11.1 Å². The Kier molecular flexibility index (Phi) is 7.83. The number of nitriles is 2. The molecule has 0 atom stereocenters. The van der Waals surface area contributed by atoms with Gasteiger partial charge in [-0.2, -0.15) is 10.5 Å². The highest BCUT2D eigenvalue weighted by molar-refractivity contribution is 7.99. The molecular weight excluding hydrogens is 374 g/mol. The van der Waals surface area contributed by atoms with Crippen molar-refractivity contribution in [1.29, 1.82) is 10.5 Å². The number of esters is 1. The van der Waals surface area contributed by atoms with E-state index >= 15 is 0 Å². The zero-order valence-electron chi connectivity index (χ0n) is 15.1. The third kappa shape index (κ3) is 6.31. The van der Waals surface area contributed by atoms with Crippen LogP contribution in [0.2, 0.25) is 0 Å². The van der Waals surface area contributed by atoms with E-state index in [2.05, 4.69) is 5.32 Å². The summed E-state index contributed by atoms with van der Waals surface area (Å²) in [7, 11) is 0. The number of carbonyl (C=O) groups excluding carboxylic acids is 2. The summed E-state index contributed by atoms with van der Waals surface area (Å²) in [5, 5.41) is 20.5. The number of rotatable bonds is 7. The lowest BCUT2D eigenvalue weighted by molar-refractivity contribution is -0.142. The topological polar surface area (TPSA) is 103 Å². The van der Waals surface area contributed by atoms with Gasteiger partial charge in [0.25, 0.3) is 5.91 Å².